The molecule has 0 N–H and O–H groups in total. The van der Waals surface area contributed by atoms with Crippen molar-refractivity contribution in [2.24, 2.45) is 56.7 Å². The fourth-order valence-corrected chi connectivity index (χ4v) is 11.2. The molecule has 210 valence electrons. The zero-order valence-corrected chi connectivity index (χ0v) is 25.0. The number of carbonyl (C=O) groups excluding carboxylic acids is 3. The van der Waals surface area contributed by atoms with Crippen LogP contribution in [0, 0.1) is 68.0 Å². The van der Waals surface area contributed by atoms with Crippen LogP contribution in [-0.2, 0) is 14.4 Å². The van der Waals surface area contributed by atoms with Crippen molar-refractivity contribution in [2.75, 3.05) is 13.1 Å². The topological polar surface area (TPSA) is 78.2 Å². The summed E-state index contributed by atoms with van der Waals surface area (Å²) in [5, 5.41) is 9.92. The average Bonchev–Trinajstić information content (AvgIpc) is 2.88. The van der Waals surface area contributed by atoms with Crippen LogP contribution in [-0.4, -0.2) is 35.5 Å². The van der Waals surface area contributed by atoms with E-state index in [1.54, 1.807) is 0 Å². The Morgan fingerprint density at radius 3 is 2.33 bits per heavy atom. The number of ketones is 2. The lowest BCUT2D eigenvalue weighted by Gasteiger charge is -2.70. The number of rotatable bonds is 2. The molecule has 1 amide bonds. The molecule has 5 heteroatoms. The van der Waals surface area contributed by atoms with Crippen molar-refractivity contribution in [2.45, 2.75) is 93.4 Å². The van der Waals surface area contributed by atoms with Gasteiger partial charge in [0.1, 0.15) is 6.07 Å². The molecule has 0 aromatic rings. The minimum absolute atomic E-state index is 0.0117. The standard InChI is InChI=1S/C34H46N2O3/c1-20-8-12-34(19-36-15-10-26(36)38)14-13-33(7)28(27(34)21(20)2)23(37)16-25-31(5)17-22(18-35)29(39)30(3,4)24(31)9-11-32(25,33)6/h16-17,20-21,24,27-28H,8-15,19H2,1-7H3/t20-,21+,24+,27+,28-,31+,32-,33-,34-/m1/s1. The van der Waals surface area contributed by atoms with Crippen LogP contribution in [0.4, 0.5) is 0 Å². The van der Waals surface area contributed by atoms with Crippen molar-refractivity contribution in [1.82, 2.24) is 4.90 Å². The second kappa shape index (κ2) is 8.17. The van der Waals surface area contributed by atoms with E-state index in [-0.39, 0.29) is 57.0 Å². The van der Waals surface area contributed by atoms with Gasteiger partial charge in [0.2, 0.25) is 5.91 Å². The Kier molecular flexibility index (Phi) is 5.65. The van der Waals surface area contributed by atoms with E-state index in [1.165, 1.54) is 6.42 Å². The number of likely N-dealkylation sites (tertiary alicyclic amines) is 1. The number of hydrogen-bond acceptors (Lipinski definition) is 4. The largest absolute Gasteiger partial charge is 0.342 e. The maximum atomic E-state index is 14.6. The van der Waals surface area contributed by atoms with Crippen molar-refractivity contribution in [3.8, 4) is 6.07 Å². The molecule has 5 aliphatic carbocycles. The molecule has 0 unspecified atom stereocenters. The van der Waals surface area contributed by atoms with Crippen LogP contribution < -0.4 is 0 Å². The third-order valence-electron chi connectivity index (χ3n) is 13.9. The molecule has 0 radical (unpaired) electrons. The number of carbonyl (C=O) groups is 3. The van der Waals surface area contributed by atoms with E-state index in [9.17, 15) is 19.6 Å². The Bertz CT molecular complexity index is 1270. The molecule has 6 aliphatic rings. The summed E-state index contributed by atoms with van der Waals surface area (Å²) in [6, 6.07) is 2.21. The number of hydrogen-bond donors (Lipinski definition) is 0. The van der Waals surface area contributed by atoms with E-state index in [2.05, 4.69) is 45.6 Å². The maximum Gasteiger partial charge on any atom is 0.224 e. The first-order valence-electron chi connectivity index (χ1n) is 15.4. The van der Waals surface area contributed by atoms with Gasteiger partial charge in [-0.05, 0) is 84.5 Å². The van der Waals surface area contributed by atoms with E-state index < -0.39 is 10.8 Å². The number of allylic oxidation sites excluding steroid dienone is 4. The second-order valence-corrected chi connectivity index (χ2v) is 15.6. The van der Waals surface area contributed by atoms with Gasteiger partial charge in [-0.2, -0.15) is 5.26 Å². The van der Waals surface area contributed by atoms with Crippen LogP contribution in [0.1, 0.15) is 93.4 Å². The lowest BCUT2D eigenvalue weighted by atomic mass is 9.34. The molecule has 6 rings (SSSR count). The molecule has 3 saturated carbocycles. The summed E-state index contributed by atoms with van der Waals surface area (Å²) < 4.78 is 0. The Balaban J connectivity index is 1.50. The van der Waals surface area contributed by atoms with Crippen molar-refractivity contribution in [3.63, 3.8) is 0 Å². The number of nitrogens with zero attached hydrogens (tertiary/aromatic N) is 2. The highest BCUT2D eigenvalue weighted by atomic mass is 16.2. The first kappa shape index (κ1) is 27.0. The minimum Gasteiger partial charge on any atom is -0.342 e. The third kappa shape index (κ3) is 3.21. The predicted octanol–water partition coefficient (Wildman–Crippen LogP) is 6.29. The summed E-state index contributed by atoms with van der Waals surface area (Å²) in [4.78, 5) is 42.4. The van der Waals surface area contributed by atoms with Gasteiger partial charge < -0.3 is 4.90 Å². The number of β-lactam (4-membered cyclic amide) rings is 1. The van der Waals surface area contributed by atoms with Crippen molar-refractivity contribution >= 4 is 17.5 Å². The third-order valence-corrected chi connectivity index (χ3v) is 13.9. The van der Waals surface area contributed by atoms with Crippen LogP contribution in [0.25, 0.3) is 0 Å². The first-order valence-corrected chi connectivity index (χ1v) is 15.4. The van der Waals surface area contributed by atoms with Gasteiger partial charge in [0.05, 0.1) is 5.57 Å². The lowest BCUT2D eigenvalue weighted by molar-refractivity contribution is -0.183. The molecular weight excluding hydrogens is 484 g/mol. The van der Waals surface area contributed by atoms with Crippen LogP contribution in [0.15, 0.2) is 23.3 Å². The number of Topliss-reactive ketones (excluding diaryl/α,β-unsaturated/α-hetero) is 1. The molecule has 5 nitrogen and oxygen atoms in total. The first-order chi connectivity index (χ1) is 18.2. The molecule has 9 atom stereocenters. The van der Waals surface area contributed by atoms with Crippen LogP contribution in [0.2, 0.25) is 0 Å². The number of nitriles is 1. The fourth-order valence-electron chi connectivity index (χ4n) is 11.2. The quantitative estimate of drug-likeness (QED) is 0.393. The average molecular weight is 531 g/mol. The monoisotopic (exact) mass is 530 g/mol. The Labute approximate surface area is 234 Å². The fraction of sp³-hybridized carbons (Fsp3) is 0.765. The van der Waals surface area contributed by atoms with Gasteiger partial charge in [-0.3, -0.25) is 14.4 Å². The van der Waals surface area contributed by atoms with Crippen LogP contribution >= 0.6 is 0 Å². The SMILES string of the molecule is C[C@@H]1[C@H]2[C@H]3C(=O)C=C4[C@@]5(C)C=C(C#N)C(=O)C(C)(C)[C@@H]5CC[C@@]4(C)[C@]3(C)CC[C@@]2(CN2CCC2=O)CC[C@H]1C. The summed E-state index contributed by atoms with van der Waals surface area (Å²) in [6.45, 7) is 17.4. The van der Waals surface area contributed by atoms with Crippen LogP contribution in [0.3, 0.4) is 0 Å². The lowest BCUT2D eigenvalue weighted by Crippen LogP contribution is -2.67. The van der Waals surface area contributed by atoms with E-state index in [1.807, 2.05) is 26.0 Å². The van der Waals surface area contributed by atoms with Crippen molar-refractivity contribution in [1.29, 1.82) is 5.26 Å². The van der Waals surface area contributed by atoms with Crippen LogP contribution in [0.5, 0.6) is 0 Å². The summed E-state index contributed by atoms with van der Waals surface area (Å²) in [5.74, 6) is 1.70. The van der Waals surface area contributed by atoms with E-state index in [0.29, 0.717) is 18.3 Å². The molecule has 0 spiro atoms. The van der Waals surface area contributed by atoms with Gasteiger partial charge in [-0.1, -0.05) is 60.1 Å². The van der Waals surface area contributed by atoms with E-state index >= 15 is 0 Å². The molecule has 0 bridgehead atoms. The Morgan fingerprint density at radius 2 is 1.72 bits per heavy atom. The second-order valence-electron chi connectivity index (χ2n) is 15.6. The van der Waals surface area contributed by atoms with Gasteiger partial charge in [0.15, 0.2) is 11.6 Å². The van der Waals surface area contributed by atoms with E-state index in [0.717, 1.165) is 50.8 Å². The zero-order valence-electron chi connectivity index (χ0n) is 25.0. The molecule has 1 saturated heterocycles. The van der Waals surface area contributed by atoms with Gasteiger partial charge >= 0.3 is 0 Å². The molecule has 4 fully saturated rings. The molecule has 0 aromatic heterocycles. The smallest absolute Gasteiger partial charge is 0.224 e. The normalized spacial score (nSPS) is 48.4. The molecule has 1 heterocycles. The van der Waals surface area contributed by atoms with Gasteiger partial charge in [0, 0.05) is 36.3 Å². The van der Waals surface area contributed by atoms with Gasteiger partial charge in [-0.15, -0.1) is 0 Å². The molecule has 39 heavy (non-hydrogen) atoms. The van der Waals surface area contributed by atoms with E-state index in [4.69, 9.17) is 0 Å². The highest BCUT2D eigenvalue weighted by Gasteiger charge is 2.70. The summed E-state index contributed by atoms with van der Waals surface area (Å²) in [6.07, 6.45) is 10.8. The highest BCUT2D eigenvalue weighted by Crippen LogP contribution is 2.74. The van der Waals surface area contributed by atoms with Gasteiger partial charge in [-0.25, -0.2) is 0 Å². The van der Waals surface area contributed by atoms with Crippen molar-refractivity contribution in [3.05, 3.63) is 23.3 Å². The Morgan fingerprint density at radius 1 is 1.00 bits per heavy atom. The predicted molar refractivity (Wildman–Crippen MR) is 150 cm³/mol. The maximum absolute atomic E-state index is 14.6. The highest BCUT2D eigenvalue weighted by molar-refractivity contribution is 6.04. The number of fused-ring (bicyclic) bond motifs is 7. The Hall–Kier alpha value is -2.22. The number of amides is 1. The summed E-state index contributed by atoms with van der Waals surface area (Å²) >= 11 is 0. The van der Waals surface area contributed by atoms with Crippen molar-refractivity contribution < 1.29 is 14.4 Å². The van der Waals surface area contributed by atoms with Gasteiger partial charge in [0.25, 0.3) is 0 Å². The zero-order chi connectivity index (χ0) is 28.3. The molecular formula is C34H46N2O3. The summed E-state index contributed by atoms with van der Waals surface area (Å²) in [5.41, 5.74) is -0.112. The summed E-state index contributed by atoms with van der Waals surface area (Å²) in [7, 11) is 0. The molecule has 1 aliphatic heterocycles. The molecule has 0 aromatic carbocycles. The minimum atomic E-state index is -0.643.